The lowest BCUT2D eigenvalue weighted by molar-refractivity contribution is -0.345. The second kappa shape index (κ2) is 12.0. The summed E-state index contributed by atoms with van der Waals surface area (Å²) < 4.78 is 86.6. The first-order valence-electron chi connectivity index (χ1n) is 11.6. The summed E-state index contributed by atoms with van der Waals surface area (Å²) in [7, 11) is 0. The van der Waals surface area contributed by atoms with Crippen molar-refractivity contribution in [3.05, 3.63) is 58.6 Å². The normalized spacial score (nSPS) is 20.7. The van der Waals surface area contributed by atoms with Crippen LogP contribution < -0.4 is 10.1 Å². The molecule has 2 unspecified atom stereocenters. The van der Waals surface area contributed by atoms with Crippen LogP contribution in [0.15, 0.2) is 42.5 Å². The molecule has 0 saturated heterocycles. The minimum Gasteiger partial charge on any atom is -0.457 e. The van der Waals surface area contributed by atoms with Gasteiger partial charge in [0.15, 0.2) is 6.10 Å². The summed E-state index contributed by atoms with van der Waals surface area (Å²) in [5.74, 6) is 0.709. The van der Waals surface area contributed by atoms with Gasteiger partial charge in [0.25, 0.3) is 0 Å². The monoisotopic (exact) mass is 539 g/mol. The van der Waals surface area contributed by atoms with Crippen LogP contribution in [0.4, 0.5) is 26.3 Å². The van der Waals surface area contributed by atoms with Gasteiger partial charge in [-0.15, -0.1) is 13.2 Å². The van der Waals surface area contributed by atoms with E-state index in [-0.39, 0.29) is 18.8 Å². The number of nitrogens with one attached hydrogen (secondary N) is 1. The van der Waals surface area contributed by atoms with Gasteiger partial charge in [-0.3, -0.25) is 4.74 Å². The molecule has 0 aromatic heterocycles. The van der Waals surface area contributed by atoms with Gasteiger partial charge in [0, 0.05) is 17.6 Å². The van der Waals surface area contributed by atoms with Gasteiger partial charge in [0.1, 0.15) is 11.5 Å². The topological polar surface area (TPSA) is 50.7 Å². The molecule has 36 heavy (non-hydrogen) atoms. The van der Waals surface area contributed by atoms with Crippen LogP contribution >= 0.6 is 11.6 Å². The summed E-state index contributed by atoms with van der Waals surface area (Å²) in [6, 6.07) is 11.3. The second-order valence-corrected chi connectivity index (χ2v) is 9.23. The molecule has 200 valence electrons. The second-order valence-electron chi connectivity index (χ2n) is 8.83. The molecule has 0 radical (unpaired) electrons. The van der Waals surface area contributed by atoms with E-state index < -0.39 is 37.3 Å². The van der Waals surface area contributed by atoms with Crippen molar-refractivity contribution >= 4 is 11.6 Å². The van der Waals surface area contributed by atoms with Gasteiger partial charge >= 0.3 is 12.5 Å². The van der Waals surface area contributed by atoms with Crippen molar-refractivity contribution in [1.29, 1.82) is 0 Å². The summed E-state index contributed by atoms with van der Waals surface area (Å²) in [6.45, 7) is 1.20. The van der Waals surface area contributed by atoms with Crippen molar-refractivity contribution in [1.82, 2.24) is 5.32 Å². The highest BCUT2D eigenvalue weighted by Crippen LogP contribution is 2.39. The van der Waals surface area contributed by atoms with Crippen molar-refractivity contribution in [2.75, 3.05) is 6.54 Å². The minimum atomic E-state index is -4.80. The van der Waals surface area contributed by atoms with Gasteiger partial charge in [-0.2, -0.15) is 13.2 Å². The van der Waals surface area contributed by atoms with E-state index in [0.29, 0.717) is 41.3 Å². The van der Waals surface area contributed by atoms with Crippen molar-refractivity contribution in [3.8, 4) is 11.5 Å². The molecule has 11 heteroatoms. The Bertz CT molecular complexity index is 992. The number of aliphatic hydroxyl groups is 1. The van der Waals surface area contributed by atoms with Gasteiger partial charge in [0.05, 0.1) is 6.10 Å². The fourth-order valence-corrected chi connectivity index (χ4v) is 4.68. The number of benzene rings is 2. The summed E-state index contributed by atoms with van der Waals surface area (Å²) in [6.07, 6.45) is -11.6. The average molecular weight is 540 g/mol. The average Bonchev–Trinajstić information content (AvgIpc) is 2.80. The Labute approximate surface area is 210 Å². The predicted octanol–water partition coefficient (Wildman–Crippen LogP) is 7.34. The van der Waals surface area contributed by atoms with E-state index in [2.05, 4.69) is 10.1 Å². The molecule has 4 nitrogen and oxygen atoms in total. The molecular weight excluding hydrogens is 512 g/mol. The first kappa shape index (κ1) is 28.6. The number of rotatable bonds is 9. The van der Waals surface area contributed by atoms with Crippen LogP contribution in [0, 0.1) is 5.92 Å². The molecule has 0 bridgehead atoms. The Hall–Kier alpha value is -2.01. The number of aryl methyl sites for hydroxylation is 1. The Kier molecular flexibility index (Phi) is 9.54. The number of hydrogen-bond acceptors (Lipinski definition) is 4. The zero-order valence-electron chi connectivity index (χ0n) is 19.5. The molecule has 1 fully saturated rings. The van der Waals surface area contributed by atoms with Crippen LogP contribution in [0.2, 0.25) is 5.02 Å². The maximum Gasteiger partial charge on any atom is 0.522 e. The molecule has 0 aliphatic heterocycles. The molecule has 2 atom stereocenters. The van der Waals surface area contributed by atoms with Gasteiger partial charge in [-0.25, -0.2) is 0 Å². The quantitative estimate of drug-likeness (QED) is 0.327. The van der Waals surface area contributed by atoms with Crippen LogP contribution in [0.3, 0.4) is 0 Å². The van der Waals surface area contributed by atoms with E-state index in [1.807, 2.05) is 6.92 Å². The summed E-state index contributed by atoms with van der Waals surface area (Å²) in [5, 5.41) is 12.9. The molecular formula is C25H28ClF6NO3. The predicted molar refractivity (Wildman–Crippen MR) is 123 cm³/mol. The lowest BCUT2D eigenvalue weighted by Crippen LogP contribution is -2.42. The van der Waals surface area contributed by atoms with Crippen LogP contribution in [-0.2, 0) is 11.2 Å². The third kappa shape index (κ3) is 8.26. The van der Waals surface area contributed by atoms with E-state index in [4.69, 9.17) is 16.3 Å². The van der Waals surface area contributed by atoms with Crippen LogP contribution in [0.25, 0.3) is 0 Å². The Balaban J connectivity index is 1.79. The zero-order chi connectivity index (χ0) is 26.5. The summed E-state index contributed by atoms with van der Waals surface area (Å²) >= 11 is 6.15. The number of hydrogen-bond donors (Lipinski definition) is 2. The lowest BCUT2D eigenvalue weighted by Gasteiger charge is -2.35. The highest BCUT2D eigenvalue weighted by atomic mass is 35.5. The van der Waals surface area contributed by atoms with Gasteiger partial charge in [-0.05, 0) is 79.5 Å². The molecule has 0 amide bonds. The maximum atomic E-state index is 12.9. The summed E-state index contributed by atoms with van der Waals surface area (Å²) in [4.78, 5) is 0. The standard InChI is InChI=1S/C25H28ClF6NO3/c1-2-15-12-20(10-11-21(15)26)35-19-5-3-4-17(13-19)23(33-14-22(34)24(27,28)29)16-6-8-18(9-7-16)36-25(30,31)32/h3-5,10-13,16,18,22-23,33-34H,2,6-9,14H2,1H3. The van der Waals surface area contributed by atoms with E-state index in [0.717, 1.165) is 5.56 Å². The van der Waals surface area contributed by atoms with Crippen molar-refractivity contribution in [2.45, 2.75) is 69.8 Å². The van der Waals surface area contributed by atoms with Crippen molar-refractivity contribution < 1.29 is 40.9 Å². The molecule has 2 aromatic carbocycles. The third-order valence-corrected chi connectivity index (χ3v) is 6.62. The molecule has 2 aromatic rings. The Morgan fingerprint density at radius 2 is 1.67 bits per heavy atom. The third-order valence-electron chi connectivity index (χ3n) is 6.25. The fourth-order valence-electron chi connectivity index (χ4n) is 4.43. The first-order chi connectivity index (χ1) is 16.9. The molecule has 2 N–H and O–H groups in total. The molecule has 1 aliphatic rings. The molecule has 3 rings (SSSR count). The zero-order valence-corrected chi connectivity index (χ0v) is 20.3. The largest absolute Gasteiger partial charge is 0.522 e. The Morgan fingerprint density at radius 3 is 2.28 bits per heavy atom. The van der Waals surface area contributed by atoms with E-state index in [1.54, 1.807) is 42.5 Å². The number of halogens is 7. The van der Waals surface area contributed by atoms with E-state index in [1.165, 1.54) is 0 Å². The molecule has 1 saturated carbocycles. The van der Waals surface area contributed by atoms with Gasteiger partial charge in [0.2, 0.25) is 0 Å². The fraction of sp³-hybridized carbons (Fsp3) is 0.520. The van der Waals surface area contributed by atoms with Crippen LogP contribution in [0.1, 0.15) is 49.8 Å². The molecule has 0 heterocycles. The minimum absolute atomic E-state index is 0.116. The highest BCUT2D eigenvalue weighted by Gasteiger charge is 2.40. The summed E-state index contributed by atoms with van der Waals surface area (Å²) in [5.41, 5.74) is 1.50. The highest BCUT2D eigenvalue weighted by molar-refractivity contribution is 6.31. The van der Waals surface area contributed by atoms with Crippen molar-refractivity contribution in [3.63, 3.8) is 0 Å². The maximum absolute atomic E-state index is 12.9. The van der Waals surface area contributed by atoms with Gasteiger partial charge in [-0.1, -0.05) is 30.7 Å². The SMILES string of the molecule is CCc1cc(Oc2cccc(C(NCC(O)C(F)(F)F)C3CCC(OC(F)(F)F)CC3)c2)ccc1Cl. The smallest absolute Gasteiger partial charge is 0.457 e. The van der Waals surface area contributed by atoms with Gasteiger partial charge < -0.3 is 15.2 Å². The van der Waals surface area contributed by atoms with E-state index >= 15 is 0 Å². The molecule has 1 aliphatic carbocycles. The molecule has 0 spiro atoms. The number of ether oxygens (including phenoxy) is 2. The lowest BCUT2D eigenvalue weighted by atomic mass is 9.80. The number of alkyl halides is 6. The first-order valence-corrected chi connectivity index (χ1v) is 12.0. The number of aliphatic hydroxyl groups excluding tert-OH is 1. The Morgan fingerprint density at radius 1 is 1.00 bits per heavy atom. The van der Waals surface area contributed by atoms with E-state index in [9.17, 15) is 31.4 Å². The van der Waals surface area contributed by atoms with Crippen LogP contribution in [-0.4, -0.2) is 36.4 Å². The van der Waals surface area contributed by atoms with Crippen molar-refractivity contribution in [2.24, 2.45) is 5.92 Å². The van der Waals surface area contributed by atoms with Crippen LogP contribution in [0.5, 0.6) is 11.5 Å².